The number of methoxy groups -OCH3 is 1. The van der Waals surface area contributed by atoms with E-state index in [-0.39, 0.29) is 17.9 Å². The van der Waals surface area contributed by atoms with Gasteiger partial charge in [0.1, 0.15) is 17.1 Å². The van der Waals surface area contributed by atoms with Gasteiger partial charge in [0, 0.05) is 5.56 Å². The van der Waals surface area contributed by atoms with Gasteiger partial charge < -0.3 is 14.6 Å². The topological polar surface area (TPSA) is 68.7 Å². The minimum atomic E-state index is -0.567. The van der Waals surface area contributed by atoms with Crippen LogP contribution >= 0.6 is 0 Å². The monoisotopic (exact) mass is 273 g/mol. The van der Waals surface area contributed by atoms with E-state index in [1.54, 1.807) is 26.2 Å². The Morgan fingerprint density at radius 1 is 1.30 bits per heavy atom. The van der Waals surface area contributed by atoms with Crippen LogP contribution in [0.2, 0.25) is 0 Å². The van der Waals surface area contributed by atoms with E-state index < -0.39 is 5.97 Å². The molecule has 0 saturated heterocycles. The molecule has 0 spiro atoms. The highest BCUT2D eigenvalue weighted by molar-refractivity contribution is 5.93. The molecule has 0 atom stereocenters. The lowest BCUT2D eigenvalue weighted by molar-refractivity contribution is 0.0523. The number of pyridine rings is 1. The lowest BCUT2D eigenvalue weighted by Crippen LogP contribution is -2.05. The molecule has 1 N–H and O–H groups in total. The maximum absolute atomic E-state index is 11.7. The van der Waals surface area contributed by atoms with E-state index in [1.165, 1.54) is 12.3 Å². The maximum Gasteiger partial charge on any atom is 0.342 e. The van der Waals surface area contributed by atoms with Crippen molar-refractivity contribution in [1.82, 2.24) is 4.98 Å². The van der Waals surface area contributed by atoms with Crippen LogP contribution in [0.4, 0.5) is 0 Å². The molecular weight excluding hydrogens is 258 g/mol. The zero-order chi connectivity index (χ0) is 14.5. The Balaban J connectivity index is 2.37. The number of nitrogens with zero attached hydrogens (tertiary/aromatic N) is 1. The summed E-state index contributed by atoms with van der Waals surface area (Å²) in [7, 11) is 1.59. The summed E-state index contributed by atoms with van der Waals surface area (Å²) in [6, 6.07) is 8.76. The van der Waals surface area contributed by atoms with Crippen LogP contribution in [0.1, 0.15) is 17.3 Å². The summed E-state index contributed by atoms with van der Waals surface area (Å²) in [4.78, 5) is 15.8. The lowest BCUT2D eigenvalue weighted by Gasteiger charge is -2.07. The van der Waals surface area contributed by atoms with Gasteiger partial charge in [-0.25, -0.2) is 4.79 Å². The molecule has 0 aliphatic rings. The zero-order valence-electron chi connectivity index (χ0n) is 11.3. The fraction of sp³-hybridized carbons (Fsp3) is 0.200. The first-order chi connectivity index (χ1) is 9.65. The fourth-order valence-corrected chi connectivity index (χ4v) is 1.74. The SMILES string of the molecule is CCOC(=O)c1cc(-c2ccc(OC)cc2)ncc1O. The summed E-state index contributed by atoms with van der Waals surface area (Å²) in [6.45, 7) is 1.96. The van der Waals surface area contributed by atoms with Crippen LogP contribution < -0.4 is 4.74 Å². The van der Waals surface area contributed by atoms with E-state index in [1.807, 2.05) is 12.1 Å². The number of carbonyl (C=O) groups is 1. The second-order valence-electron chi connectivity index (χ2n) is 4.04. The van der Waals surface area contributed by atoms with Crippen LogP contribution in [-0.4, -0.2) is 29.8 Å². The van der Waals surface area contributed by atoms with E-state index in [2.05, 4.69) is 4.98 Å². The molecule has 1 heterocycles. The molecule has 1 aromatic carbocycles. The van der Waals surface area contributed by atoms with Gasteiger partial charge in [-0.05, 0) is 37.3 Å². The average molecular weight is 273 g/mol. The van der Waals surface area contributed by atoms with Crippen molar-refractivity contribution < 1.29 is 19.4 Å². The van der Waals surface area contributed by atoms with Crippen molar-refractivity contribution in [3.8, 4) is 22.8 Å². The van der Waals surface area contributed by atoms with E-state index >= 15 is 0 Å². The number of ether oxygens (including phenoxy) is 2. The van der Waals surface area contributed by atoms with Gasteiger partial charge >= 0.3 is 5.97 Å². The molecule has 0 aliphatic heterocycles. The normalized spacial score (nSPS) is 10.1. The maximum atomic E-state index is 11.7. The van der Waals surface area contributed by atoms with Crippen molar-refractivity contribution in [2.24, 2.45) is 0 Å². The van der Waals surface area contributed by atoms with E-state index in [4.69, 9.17) is 9.47 Å². The summed E-state index contributed by atoms with van der Waals surface area (Å²) in [5.74, 6) is -0.0268. The second kappa shape index (κ2) is 6.06. The Morgan fingerprint density at radius 2 is 2.00 bits per heavy atom. The Labute approximate surface area is 116 Å². The Hall–Kier alpha value is -2.56. The van der Waals surface area contributed by atoms with Gasteiger partial charge in [0.2, 0.25) is 0 Å². The Bertz CT molecular complexity index is 608. The molecule has 5 nitrogen and oxygen atoms in total. The van der Waals surface area contributed by atoms with Gasteiger partial charge in [-0.15, -0.1) is 0 Å². The number of rotatable bonds is 4. The predicted molar refractivity (Wildman–Crippen MR) is 73.8 cm³/mol. The predicted octanol–water partition coefficient (Wildman–Crippen LogP) is 2.64. The minimum Gasteiger partial charge on any atom is -0.505 e. The van der Waals surface area contributed by atoms with Crippen LogP contribution in [-0.2, 0) is 4.74 Å². The standard InChI is InChI=1S/C15H15NO4/c1-3-20-15(18)12-8-13(16-9-14(12)17)10-4-6-11(19-2)7-5-10/h4-9,17H,3H2,1-2H3. The molecule has 5 heteroatoms. The number of hydrogen-bond donors (Lipinski definition) is 1. The molecule has 0 fully saturated rings. The molecular formula is C15H15NO4. The molecule has 0 aliphatic carbocycles. The third-order valence-corrected chi connectivity index (χ3v) is 2.76. The molecule has 0 saturated carbocycles. The summed E-state index contributed by atoms with van der Waals surface area (Å²) < 4.78 is 9.97. The number of hydrogen-bond acceptors (Lipinski definition) is 5. The first kappa shape index (κ1) is 13.9. The number of benzene rings is 1. The van der Waals surface area contributed by atoms with Gasteiger partial charge in [-0.2, -0.15) is 0 Å². The van der Waals surface area contributed by atoms with E-state index in [0.717, 1.165) is 11.3 Å². The molecule has 2 rings (SSSR count). The minimum absolute atomic E-state index is 0.104. The largest absolute Gasteiger partial charge is 0.505 e. The first-order valence-corrected chi connectivity index (χ1v) is 6.16. The van der Waals surface area contributed by atoms with Gasteiger partial charge in [0.15, 0.2) is 0 Å². The third-order valence-electron chi connectivity index (χ3n) is 2.76. The van der Waals surface area contributed by atoms with Gasteiger partial charge in [0.05, 0.1) is 25.6 Å². The number of carbonyl (C=O) groups excluding carboxylic acids is 1. The fourth-order valence-electron chi connectivity index (χ4n) is 1.74. The molecule has 104 valence electrons. The van der Waals surface area contributed by atoms with Crippen molar-refractivity contribution in [3.05, 3.63) is 42.1 Å². The smallest absolute Gasteiger partial charge is 0.342 e. The molecule has 2 aromatic rings. The summed E-state index contributed by atoms with van der Waals surface area (Å²) in [6.07, 6.45) is 1.24. The van der Waals surface area contributed by atoms with Crippen LogP contribution in [0.15, 0.2) is 36.5 Å². The molecule has 0 bridgehead atoms. The van der Waals surface area contributed by atoms with Crippen molar-refractivity contribution in [3.63, 3.8) is 0 Å². The van der Waals surface area contributed by atoms with Crippen LogP contribution in [0.3, 0.4) is 0 Å². The molecule has 0 amide bonds. The van der Waals surface area contributed by atoms with E-state index in [0.29, 0.717) is 5.69 Å². The second-order valence-corrected chi connectivity index (χ2v) is 4.04. The van der Waals surface area contributed by atoms with Gasteiger partial charge in [-0.1, -0.05) is 0 Å². The van der Waals surface area contributed by atoms with Crippen molar-refractivity contribution in [1.29, 1.82) is 0 Å². The third kappa shape index (κ3) is 2.88. The van der Waals surface area contributed by atoms with Crippen LogP contribution in [0.25, 0.3) is 11.3 Å². The van der Waals surface area contributed by atoms with Crippen LogP contribution in [0.5, 0.6) is 11.5 Å². The summed E-state index contributed by atoms with van der Waals surface area (Å²) >= 11 is 0. The highest BCUT2D eigenvalue weighted by atomic mass is 16.5. The summed E-state index contributed by atoms with van der Waals surface area (Å²) in [5, 5.41) is 9.68. The summed E-state index contributed by atoms with van der Waals surface area (Å²) in [5.41, 5.74) is 1.50. The number of aromatic hydroxyl groups is 1. The molecule has 20 heavy (non-hydrogen) atoms. The van der Waals surface area contributed by atoms with Crippen molar-refractivity contribution in [2.45, 2.75) is 6.92 Å². The van der Waals surface area contributed by atoms with Crippen LogP contribution in [0, 0.1) is 0 Å². The lowest BCUT2D eigenvalue weighted by atomic mass is 10.1. The highest BCUT2D eigenvalue weighted by Gasteiger charge is 2.14. The van der Waals surface area contributed by atoms with Gasteiger partial charge in [0.25, 0.3) is 0 Å². The first-order valence-electron chi connectivity index (χ1n) is 6.16. The Morgan fingerprint density at radius 3 is 2.60 bits per heavy atom. The van der Waals surface area contributed by atoms with Crippen molar-refractivity contribution >= 4 is 5.97 Å². The molecule has 0 unspecified atom stereocenters. The van der Waals surface area contributed by atoms with E-state index in [9.17, 15) is 9.90 Å². The van der Waals surface area contributed by atoms with Crippen molar-refractivity contribution in [2.75, 3.05) is 13.7 Å². The Kier molecular flexibility index (Phi) is 4.20. The highest BCUT2D eigenvalue weighted by Crippen LogP contribution is 2.25. The number of aromatic nitrogens is 1. The van der Waals surface area contributed by atoms with Gasteiger partial charge in [-0.3, -0.25) is 4.98 Å². The average Bonchev–Trinajstić information content (AvgIpc) is 2.48. The quantitative estimate of drug-likeness (QED) is 0.867. The molecule has 0 radical (unpaired) electrons. The molecule has 1 aromatic heterocycles. The zero-order valence-corrected chi connectivity index (χ0v) is 11.3. The number of esters is 1.